The minimum Gasteiger partial charge on any atom is -0.494 e. The number of imidazole rings is 1. The molecular weight excluding hydrogens is 330 g/mol. The minimum atomic E-state index is 0.373. The fraction of sp³-hybridized carbons (Fsp3) is 0.350. The first-order chi connectivity index (χ1) is 12.7. The maximum atomic E-state index is 5.89. The molecule has 0 radical (unpaired) electrons. The van der Waals surface area contributed by atoms with Crippen molar-refractivity contribution in [2.24, 2.45) is 5.73 Å². The van der Waals surface area contributed by atoms with E-state index in [1.807, 2.05) is 30.3 Å². The zero-order valence-corrected chi connectivity index (χ0v) is 15.5. The molecule has 138 valence electrons. The zero-order valence-electron chi connectivity index (χ0n) is 15.5. The topological polar surface area (TPSA) is 71.5 Å². The van der Waals surface area contributed by atoms with E-state index in [4.69, 9.17) is 19.9 Å². The average molecular weight is 355 g/mol. The van der Waals surface area contributed by atoms with Gasteiger partial charge < -0.3 is 24.5 Å². The van der Waals surface area contributed by atoms with Gasteiger partial charge in [-0.1, -0.05) is 12.1 Å². The van der Waals surface area contributed by atoms with Crippen molar-refractivity contribution in [3.8, 4) is 17.2 Å². The van der Waals surface area contributed by atoms with Gasteiger partial charge in [0.1, 0.15) is 11.6 Å². The van der Waals surface area contributed by atoms with E-state index >= 15 is 0 Å². The molecule has 0 spiro atoms. The van der Waals surface area contributed by atoms with Crippen molar-refractivity contribution in [2.75, 3.05) is 20.8 Å². The first-order valence-corrected chi connectivity index (χ1v) is 8.67. The Morgan fingerprint density at radius 3 is 2.54 bits per heavy atom. The van der Waals surface area contributed by atoms with Crippen LogP contribution in [0.4, 0.5) is 0 Å². The van der Waals surface area contributed by atoms with Gasteiger partial charge in [0.15, 0.2) is 11.5 Å². The second kappa shape index (κ2) is 8.10. The van der Waals surface area contributed by atoms with Crippen LogP contribution in [0.15, 0.2) is 36.4 Å². The molecule has 6 heteroatoms. The predicted octanol–water partition coefficient (Wildman–Crippen LogP) is 3.29. The molecule has 0 aliphatic rings. The fourth-order valence-corrected chi connectivity index (χ4v) is 3.02. The maximum Gasteiger partial charge on any atom is 0.163 e. The summed E-state index contributed by atoms with van der Waals surface area (Å²) >= 11 is 0. The average Bonchev–Trinajstić information content (AvgIpc) is 3.00. The van der Waals surface area contributed by atoms with Crippen LogP contribution in [0.5, 0.6) is 17.2 Å². The molecule has 0 aliphatic heterocycles. The van der Waals surface area contributed by atoms with Crippen molar-refractivity contribution < 1.29 is 14.2 Å². The molecular formula is C20H25N3O3. The number of hydrogen-bond acceptors (Lipinski definition) is 5. The molecule has 0 aliphatic carbocycles. The second-order valence-corrected chi connectivity index (χ2v) is 6.10. The number of rotatable bonds is 8. The predicted molar refractivity (Wildman–Crippen MR) is 102 cm³/mol. The number of aromatic nitrogens is 2. The molecule has 0 saturated heterocycles. The number of benzene rings is 2. The first kappa shape index (κ1) is 18.1. The van der Waals surface area contributed by atoms with E-state index < -0.39 is 0 Å². The lowest BCUT2D eigenvalue weighted by atomic mass is 10.2. The quantitative estimate of drug-likeness (QED) is 0.628. The summed E-state index contributed by atoms with van der Waals surface area (Å²) in [7, 11) is 3.25. The number of nitrogens with two attached hydrogens (primary N) is 1. The summed E-state index contributed by atoms with van der Waals surface area (Å²) in [6.07, 6.45) is 0.848. The molecule has 0 amide bonds. The molecule has 3 rings (SSSR count). The van der Waals surface area contributed by atoms with Crippen LogP contribution in [0.1, 0.15) is 17.8 Å². The monoisotopic (exact) mass is 355 g/mol. The standard InChI is InChI=1S/C20H25N3O3/c1-14-6-4-7-15(10-14)26-9-5-8-23-17-12-19(25-3)18(24-2)11-16(17)22-20(23)13-21/h4,6-7,10-12H,5,8-9,13,21H2,1-3H3. The highest BCUT2D eigenvalue weighted by molar-refractivity contribution is 5.80. The van der Waals surface area contributed by atoms with Crippen molar-refractivity contribution in [1.29, 1.82) is 0 Å². The Balaban J connectivity index is 1.75. The van der Waals surface area contributed by atoms with E-state index in [-0.39, 0.29) is 0 Å². The zero-order chi connectivity index (χ0) is 18.5. The van der Waals surface area contributed by atoms with E-state index in [1.165, 1.54) is 5.56 Å². The molecule has 0 saturated carbocycles. The van der Waals surface area contributed by atoms with Crippen LogP contribution in [0, 0.1) is 6.92 Å². The Bertz CT molecular complexity index is 889. The van der Waals surface area contributed by atoms with Gasteiger partial charge in [0.25, 0.3) is 0 Å². The van der Waals surface area contributed by atoms with E-state index in [1.54, 1.807) is 14.2 Å². The van der Waals surface area contributed by atoms with Gasteiger partial charge in [-0.05, 0) is 31.0 Å². The van der Waals surface area contributed by atoms with Crippen LogP contribution in [-0.2, 0) is 13.1 Å². The lowest BCUT2D eigenvalue weighted by molar-refractivity contribution is 0.301. The number of ether oxygens (including phenoxy) is 3. The Kier molecular flexibility index (Phi) is 5.63. The Morgan fingerprint density at radius 1 is 1.08 bits per heavy atom. The molecule has 26 heavy (non-hydrogen) atoms. The Labute approximate surface area is 153 Å². The molecule has 3 aromatic rings. The molecule has 0 atom stereocenters. The third-order valence-electron chi connectivity index (χ3n) is 4.30. The van der Waals surface area contributed by atoms with Gasteiger partial charge >= 0.3 is 0 Å². The van der Waals surface area contributed by atoms with E-state index in [2.05, 4.69) is 22.5 Å². The number of aryl methyl sites for hydroxylation is 2. The molecule has 2 aromatic carbocycles. The van der Waals surface area contributed by atoms with Gasteiger partial charge in [-0.15, -0.1) is 0 Å². The van der Waals surface area contributed by atoms with Crippen LogP contribution in [0.3, 0.4) is 0 Å². The smallest absolute Gasteiger partial charge is 0.163 e. The van der Waals surface area contributed by atoms with Gasteiger partial charge in [0, 0.05) is 18.7 Å². The summed E-state index contributed by atoms with van der Waals surface area (Å²) in [5.74, 6) is 3.08. The largest absolute Gasteiger partial charge is 0.494 e. The van der Waals surface area contributed by atoms with Crippen LogP contribution in [0.25, 0.3) is 11.0 Å². The van der Waals surface area contributed by atoms with Gasteiger partial charge in [-0.2, -0.15) is 0 Å². The van der Waals surface area contributed by atoms with Crippen molar-refractivity contribution in [3.05, 3.63) is 47.8 Å². The normalized spacial score (nSPS) is 10.9. The third-order valence-corrected chi connectivity index (χ3v) is 4.30. The molecule has 0 bridgehead atoms. The summed E-state index contributed by atoms with van der Waals surface area (Å²) in [5, 5.41) is 0. The van der Waals surface area contributed by atoms with Crippen LogP contribution < -0.4 is 19.9 Å². The molecule has 1 aromatic heterocycles. The number of hydrogen-bond donors (Lipinski definition) is 1. The summed E-state index contributed by atoms with van der Waals surface area (Å²) < 4.78 is 18.7. The summed E-state index contributed by atoms with van der Waals surface area (Å²) in [4.78, 5) is 4.63. The molecule has 6 nitrogen and oxygen atoms in total. The van der Waals surface area contributed by atoms with Gasteiger partial charge in [0.05, 0.1) is 38.4 Å². The van der Waals surface area contributed by atoms with E-state index in [0.29, 0.717) is 24.7 Å². The molecule has 1 heterocycles. The van der Waals surface area contributed by atoms with Gasteiger partial charge in [0.2, 0.25) is 0 Å². The third kappa shape index (κ3) is 3.75. The van der Waals surface area contributed by atoms with E-state index in [0.717, 1.165) is 35.6 Å². The van der Waals surface area contributed by atoms with Crippen molar-refractivity contribution >= 4 is 11.0 Å². The van der Waals surface area contributed by atoms with Gasteiger partial charge in [-0.3, -0.25) is 0 Å². The van der Waals surface area contributed by atoms with Crippen LogP contribution in [-0.4, -0.2) is 30.4 Å². The van der Waals surface area contributed by atoms with Crippen LogP contribution in [0.2, 0.25) is 0 Å². The molecule has 0 fully saturated rings. The summed E-state index contributed by atoms with van der Waals surface area (Å²) in [6.45, 7) is 3.82. The SMILES string of the molecule is COc1cc2nc(CN)n(CCCOc3cccc(C)c3)c2cc1OC. The minimum absolute atomic E-state index is 0.373. The van der Waals surface area contributed by atoms with Gasteiger partial charge in [-0.25, -0.2) is 4.98 Å². The van der Waals surface area contributed by atoms with Crippen LogP contribution >= 0.6 is 0 Å². The molecule has 2 N–H and O–H groups in total. The maximum absolute atomic E-state index is 5.89. The Hall–Kier alpha value is -2.73. The first-order valence-electron chi connectivity index (χ1n) is 8.67. The lowest BCUT2D eigenvalue weighted by Crippen LogP contribution is -2.11. The highest BCUT2D eigenvalue weighted by atomic mass is 16.5. The van der Waals surface area contributed by atoms with E-state index in [9.17, 15) is 0 Å². The summed E-state index contributed by atoms with van der Waals surface area (Å²) in [5.41, 5.74) is 8.91. The number of fused-ring (bicyclic) bond motifs is 1. The number of nitrogens with zero attached hydrogens (tertiary/aromatic N) is 2. The summed E-state index contributed by atoms with van der Waals surface area (Å²) in [6, 6.07) is 11.9. The van der Waals surface area contributed by atoms with Crippen molar-refractivity contribution in [1.82, 2.24) is 9.55 Å². The van der Waals surface area contributed by atoms with Crippen molar-refractivity contribution in [2.45, 2.75) is 26.4 Å². The second-order valence-electron chi connectivity index (χ2n) is 6.10. The fourth-order valence-electron chi connectivity index (χ4n) is 3.02. The number of methoxy groups -OCH3 is 2. The van der Waals surface area contributed by atoms with Crippen molar-refractivity contribution in [3.63, 3.8) is 0 Å². The molecule has 0 unspecified atom stereocenters. The highest BCUT2D eigenvalue weighted by Gasteiger charge is 2.14. The lowest BCUT2D eigenvalue weighted by Gasteiger charge is -2.11. The highest BCUT2D eigenvalue weighted by Crippen LogP contribution is 2.32. The Morgan fingerprint density at radius 2 is 1.85 bits per heavy atom.